The van der Waals surface area contributed by atoms with Gasteiger partial charge in [-0.25, -0.2) is 4.79 Å². The molecular weight excluding hydrogens is 200 g/mol. The molecule has 0 bridgehead atoms. The number of carboxylic acids is 1. The van der Waals surface area contributed by atoms with Gasteiger partial charge in [-0.2, -0.15) is 0 Å². The first-order valence-electron chi connectivity index (χ1n) is 4.61. The number of alkyl carbamates (subject to hydrolysis) is 1. The highest BCUT2D eigenvalue weighted by Crippen LogP contribution is 2.00. The first-order chi connectivity index (χ1) is 6.74. The van der Waals surface area contributed by atoms with E-state index in [-0.39, 0.29) is 6.42 Å². The minimum absolute atomic E-state index is 0.107. The minimum Gasteiger partial charge on any atom is -0.481 e. The van der Waals surface area contributed by atoms with Gasteiger partial charge in [0.1, 0.15) is 0 Å². The number of carboxylic acid groups (broad SMARTS) is 1. The second kappa shape index (κ2) is 5.55. The van der Waals surface area contributed by atoms with E-state index in [1.807, 2.05) is 21.1 Å². The van der Waals surface area contributed by atoms with Crippen molar-refractivity contribution in [1.82, 2.24) is 5.32 Å². The summed E-state index contributed by atoms with van der Waals surface area (Å²) in [6.07, 6.45) is -0.709. The molecule has 2 N–H and O–H groups in total. The van der Waals surface area contributed by atoms with Crippen molar-refractivity contribution < 1.29 is 23.9 Å². The molecule has 0 aliphatic rings. The Morgan fingerprint density at radius 2 is 1.93 bits per heavy atom. The number of hydrogen-bond donors (Lipinski definition) is 2. The third-order valence-corrected chi connectivity index (χ3v) is 1.70. The number of amides is 1. The van der Waals surface area contributed by atoms with Crippen LogP contribution in [-0.2, 0) is 9.53 Å². The molecule has 0 saturated heterocycles. The molecule has 0 aromatic heterocycles. The summed E-state index contributed by atoms with van der Waals surface area (Å²) in [4.78, 5) is 21.5. The molecular formula is C9H19N2O4+. The van der Waals surface area contributed by atoms with Crippen LogP contribution in [0.1, 0.15) is 6.42 Å². The maximum Gasteiger partial charge on any atom is 0.407 e. The van der Waals surface area contributed by atoms with Gasteiger partial charge in [-0.15, -0.1) is 0 Å². The number of ether oxygens (including phenoxy) is 1. The lowest BCUT2D eigenvalue weighted by Gasteiger charge is -2.28. The fraction of sp³-hybridized carbons (Fsp3) is 0.778. The minimum atomic E-state index is -0.940. The fourth-order valence-corrected chi connectivity index (χ4v) is 1.26. The highest BCUT2D eigenvalue weighted by molar-refractivity contribution is 5.71. The van der Waals surface area contributed by atoms with Crippen LogP contribution in [0.4, 0.5) is 4.79 Å². The SMILES string of the molecule is COC(=O)N[C@@H](CC(=O)O)C[N+](C)(C)C. The van der Waals surface area contributed by atoms with Gasteiger partial charge >= 0.3 is 12.1 Å². The van der Waals surface area contributed by atoms with Crippen LogP contribution in [0.25, 0.3) is 0 Å². The van der Waals surface area contributed by atoms with Crippen molar-refractivity contribution in [2.24, 2.45) is 0 Å². The summed E-state index contributed by atoms with van der Waals surface area (Å²) in [5.74, 6) is -0.940. The third-order valence-electron chi connectivity index (χ3n) is 1.70. The summed E-state index contributed by atoms with van der Waals surface area (Å²) in [6.45, 7) is 0.529. The third kappa shape index (κ3) is 7.75. The Bertz CT molecular complexity index is 235. The molecule has 1 amide bonds. The van der Waals surface area contributed by atoms with Crippen LogP contribution in [-0.4, -0.2) is 62.5 Å². The number of rotatable bonds is 5. The summed E-state index contributed by atoms with van der Waals surface area (Å²) < 4.78 is 5.00. The van der Waals surface area contributed by atoms with Crippen molar-refractivity contribution >= 4 is 12.1 Å². The van der Waals surface area contributed by atoms with Crippen LogP contribution in [0.2, 0.25) is 0 Å². The molecule has 6 heteroatoms. The van der Waals surface area contributed by atoms with Crippen molar-refractivity contribution in [2.75, 3.05) is 34.8 Å². The zero-order valence-electron chi connectivity index (χ0n) is 9.61. The lowest BCUT2D eigenvalue weighted by Crippen LogP contribution is -2.49. The number of likely N-dealkylation sites (N-methyl/N-ethyl adjacent to an activating group) is 1. The van der Waals surface area contributed by atoms with Crippen molar-refractivity contribution in [3.8, 4) is 0 Å². The van der Waals surface area contributed by atoms with Crippen molar-refractivity contribution in [3.63, 3.8) is 0 Å². The number of hydrogen-bond acceptors (Lipinski definition) is 3. The van der Waals surface area contributed by atoms with Gasteiger partial charge in [0.2, 0.25) is 0 Å². The normalized spacial score (nSPS) is 13.1. The Balaban J connectivity index is 4.31. The molecule has 88 valence electrons. The number of aliphatic carboxylic acids is 1. The number of carbonyl (C=O) groups is 2. The first-order valence-corrected chi connectivity index (χ1v) is 4.61. The predicted molar refractivity (Wildman–Crippen MR) is 54.5 cm³/mol. The van der Waals surface area contributed by atoms with Crippen LogP contribution < -0.4 is 5.32 Å². The van der Waals surface area contributed by atoms with E-state index in [9.17, 15) is 9.59 Å². The Kier molecular flexibility index (Phi) is 5.07. The molecule has 0 saturated carbocycles. The summed E-state index contributed by atoms with van der Waals surface area (Å²) in [7, 11) is 7.02. The summed E-state index contributed by atoms with van der Waals surface area (Å²) >= 11 is 0. The van der Waals surface area contributed by atoms with Gasteiger partial charge in [-0.3, -0.25) is 4.79 Å². The standard InChI is InChI=1S/C9H18N2O4/c1-11(2,3)6-7(5-8(12)13)10-9(14)15-4/h7H,5-6H2,1-4H3,(H-,10,12,13,14)/p+1/t7-/m0/s1. The topological polar surface area (TPSA) is 75.6 Å². The molecule has 0 radical (unpaired) electrons. The maximum atomic E-state index is 11.0. The van der Waals surface area contributed by atoms with E-state index in [1.165, 1.54) is 7.11 Å². The average Bonchev–Trinajstić information content (AvgIpc) is 1.99. The van der Waals surface area contributed by atoms with Gasteiger partial charge in [0, 0.05) is 0 Å². The van der Waals surface area contributed by atoms with Crippen LogP contribution >= 0.6 is 0 Å². The van der Waals surface area contributed by atoms with Gasteiger partial charge in [0.15, 0.2) is 0 Å². The lowest BCUT2D eigenvalue weighted by atomic mass is 10.2. The van der Waals surface area contributed by atoms with E-state index in [0.717, 1.165) is 0 Å². The zero-order chi connectivity index (χ0) is 12.1. The molecule has 15 heavy (non-hydrogen) atoms. The Labute approximate surface area is 89.4 Å². The molecule has 0 rings (SSSR count). The highest BCUT2D eigenvalue weighted by Gasteiger charge is 2.22. The average molecular weight is 219 g/mol. The number of nitrogens with one attached hydrogen (secondary N) is 1. The largest absolute Gasteiger partial charge is 0.481 e. The van der Waals surface area contributed by atoms with E-state index in [0.29, 0.717) is 11.0 Å². The van der Waals surface area contributed by atoms with Crippen molar-refractivity contribution in [3.05, 3.63) is 0 Å². The molecule has 0 aliphatic heterocycles. The van der Waals surface area contributed by atoms with E-state index in [2.05, 4.69) is 10.1 Å². The van der Waals surface area contributed by atoms with Gasteiger partial charge in [-0.1, -0.05) is 0 Å². The quantitative estimate of drug-likeness (QED) is 0.633. The molecule has 0 aliphatic carbocycles. The summed E-state index contributed by atoms with van der Waals surface area (Å²) in [5, 5.41) is 11.2. The number of carbonyl (C=O) groups excluding carboxylic acids is 1. The van der Waals surface area contributed by atoms with Gasteiger partial charge in [0.25, 0.3) is 0 Å². The Morgan fingerprint density at radius 3 is 2.27 bits per heavy atom. The van der Waals surface area contributed by atoms with Crippen LogP contribution in [0.15, 0.2) is 0 Å². The number of methoxy groups -OCH3 is 1. The summed E-state index contributed by atoms with van der Waals surface area (Å²) in [6, 6.07) is -0.421. The second-order valence-electron chi connectivity index (χ2n) is 4.40. The maximum absolute atomic E-state index is 11.0. The zero-order valence-corrected chi connectivity index (χ0v) is 9.61. The fourth-order valence-electron chi connectivity index (χ4n) is 1.26. The molecule has 0 heterocycles. The van der Waals surface area contributed by atoms with E-state index >= 15 is 0 Å². The van der Waals surface area contributed by atoms with E-state index in [4.69, 9.17) is 5.11 Å². The molecule has 0 fully saturated rings. The summed E-state index contributed by atoms with van der Waals surface area (Å²) in [5.41, 5.74) is 0. The highest BCUT2D eigenvalue weighted by atomic mass is 16.5. The lowest BCUT2D eigenvalue weighted by molar-refractivity contribution is -0.871. The predicted octanol–water partition coefficient (Wildman–Crippen LogP) is -0.108. The Hall–Kier alpha value is -1.30. The van der Waals surface area contributed by atoms with Crippen molar-refractivity contribution in [2.45, 2.75) is 12.5 Å². The van der Waals surface area contributed by atoms with Gasteiger partial charge in [0.05, 0.1) is 47.3 Å². The van der Waals surface area contributed by atoms with Gasteiger partial charge < -0.3 is 19.6 Å². The van der Waals surface area contributed by atoms with E-state index in [1.54, 1.807) is 0 Å². The molecule has 0 spiro atoms. The smallest absolute Gasteiger partial charge is 0.407 e. The second-order valence-corrected chi connectivity index (χ2v) is 4.40. The first kappa shape index (κ1) is 13.7. The van der Waals surface area contributed by atoms with Crippen LogP contribution in [0.5, 0.6) is 0 Å². The van der Waals surface area contributed by atoms with Crippen LogP contribution in [0.3, 0.4) is 0 Å². The number of quaternary nitrogens is 1. The van der Waals surface area contributed by atoms with E-state index < -0.39 is 18.1 Å². The molecule has 0 aromatic carbocycles. The molecule has 6 nitrogen and oxygen atoms in total. The molecule has 1 atom stereocenters. The molecule has 0 unspecified atom stereocenters. The Morgan fingerprint density at radius 1 is 1.40 bits per heavy atom. The molecule has 0 aromatic rings. The van der Waals surface area contributed by atoms with Crippen molar-refractivity contribution in [1.29, 1.82) is 0 Å². The van der Waals surface area contributed by atoms with Crippen LogP contribution in [0, 0.1) is 0 Å². The van der Waals surface area contributed by atoms with Gasteiger partial charge in [-0.05, 0) is 0 Å². The monoisotopic (exact) mass is 219 g/mol. The number of nitrogens with zero attached hydrogens (tertiary/aromatic N) is 1.